The van der Waals surface area contributed by atoms with Gasteiger partial charge >= 0.3 is 0 Å². The van der Waals surface area contributed by atoms with Crippen LogP contribution in [0.2, 0.25) is 0 Å². The maximum atomic E-state index is 3.62. The second-order valence-corrected chi connectivity index (χ2v) is 5.93. The average Bonchev–Trinajstić information content (AvgIpc) is 2.71. The van der Waals surface area contributed by atoms with E-state index in [9.17, 15) is 0 Å². The van der Waals surface area contributed by atoms with Crippen LogP contribution in [0.3, 0.4) is 0 Å². The van der Waals surface area contributed by atoms with E-state index >= 15 is 0 Å². The molecule has 0 amide bonds. The molecule has 3 heteroatoms. The smallest absolute Gasteiger partial charge is 0.0471 e. The van der Waals surface area contributed by atoms with Crippen molar-refractivity contribution in [3.8, 4) is 0 Å². The van der Waals surface area contributed by atoms with Crippen LogP contribution in [0.25, 0.3) is 32.6 Å². The summed E-state index contributed by atoms with van der Waals surface area (Å²) in [5.41, 5.74) is 2.39. The Hall–Kier alpha value is -1.06. The number of H-pyrrole nitrogens is 1. The molecule has 1 heterocycles. The van der Waals surface area contributed by atoms with Crippen molar-refractivity contribution in [1.29, 1.82) is 0 Å². The van der Waals surface area contributed by atoms with Gasteiger partial charge in [0.25, 0.3) is 0 Å². The zero-order valence-corrected chi connectivity index (χ0v) is 11.9. The minimum absolute atomic E-state index is 1.15. The van der Waals surface area contributed by atoms with Gasteiger partial charge < -0.3 is 4.98 Å². The zero-order chi connectivity index (χ0) is 11.6. The first-order valence-corrected chi connectivity index (χ1v) is 6.95. The highest BCUT2D eigenvalue weighted by atomic mass is 79.9. The molecule has 82 valence electrons. The van der Waals surface area contributed by atoms with Gasteiger partial charge in [-0.15, -0.1) is 0 Å². The first kappa shape index (κ1) is 9.92. The monoisotopic (exact) mass is 347 g/mol. The molecule has 4 rings (SSSR count). The molecule has 0 saturated heterocycles. The SMILES string of the molecule is Brc1ccc2[nH]c3ccc(Br)c4ccc1c2c34. The highest BCUT2D eigenvalue weighted by Gasteiger charge is 2.13. The number of halogens is 2. The zero-order valence-electron chi connectivity index (χ0n) is 8.72. The van der Waals surface area contributed by atoms with E-state index in [1.807, 2.05) is 0 Å². The predicted octanol–water partition coefficient (Wildman–Crippen LogP) is 5.44. The van der Waals surface area contributed by atoms with E-state index in [-0.39, 0.29) is 0 Å². The number of nitrogens with one attached hydrogen (secondary N) is 1. The quantitative estimate of drug-likeness (QED) is 0.407. The van der Waals surface area contributed by atoms with Crippen molar-refractivity contribution >= 4 is 64.4 Å². The fourth-order valence-corrected chi connectivity index (χ4v) is 3.50. The Morgan fingerprint density at radius 2 is 1.12 bits per heavy atom. The van der Waals surface area contributed by atoms with E-state index < -0.39 is 0 Å². The number of hydrogen-bond acceptors (Lipinski definition) is 0. The first-order valence-electron chi connectivity index (χ1n) is 5.36. The van der Waals surface area contributed by atoms with E-state index in [0.717, 1.165) is 8.95 Å². The van der Waals surface area contributed by atoms with Crippen molar-refractivity contribution in [2.24, 2.45) is 0 Å². The van der Waals surface area contributed by atoms with E-state index in [1.54, 1.807) is 0 Å². The minimum Gasteiger partial charge on any atom is -0.354 e. The lowest BCUT2D eigenvalue weighted by Crippen LogP contribution is -1.78. The van der Waals surface area contributed by atoms with Crippen LogP contribution >= 0.6 is 31.9 Å². The summed E-state index contributed by atoms with van der Waals surface area (Å²) in [6.45, 7) is 0. The maximum Gasteiger partial charge on any atom is 0.0471 e. The van der Waals surface area contributed by atoms with Crippen molar-refractivity contribution in [2.45, 2.75) is 0 Å². The summed E-state index contributed by atoms with van der Waals surface area (Å²) in [6, 6.07) is 12.8. The number of aromatic nitrogens is 1. The molecule has 0 aliphatic carbocycles. The van der Waals surface area contributed by atoms with Crippen molar-refractivity contribution in [3.05, 3.63) is 45.3 Å². The molecule has 1 aromatic heterocycles. The maximum absolute atomic E-state index is 3.62. The normalized spacial score (nSPS) is 12.1. The van der Waals surface area contributed by atoms with Crippen molar-refractivity contribution in [2.75, 3.05) is 0 Å². The third-order valence-electron chi connectivity index (χ3n) is 3.32. The lowest BCUT2D eigenvalue weighted by Gasteiger charge is -2.04. The molecular weight excluding hydrogens is 342 g/mol. The summed E-state index contributed by atoms with van der Waals surface area (Å²) in [4.78, 5) is 3.47. The van der Waals surface area contributed by atoms with Gasteiger partial charge in [-0.3, -0.25) is 0 Å². The molecule has 1 N–H and O–H groups in total. The molecule has 0 aliphatic rings. The van der Waals surface area contributed by atoms with Gasteiger partial charge in [-0.05, 0) is 35.0 Å². The van der Waals surface area contributed by atoms with Crippen LogP contribution in [0, 0.1) is 0 Å². The van der Waals surface area contributed by atoms with Gasteiger partial charge in [0.05, 0.1) is 0 Å². The first-order chi connectivity index (χ1) is 8.25. The Morgan fingerprint density at radius 3 is 1.59 bits per heavy atom. The summed E-state index contributed by atoms with van der Waals surface area (Å²) < 4.78 is 2.29. The largest absolute Gasteiger partial charge is 0.354 e. The molecule has 0 radical (unpaired) electrons. The Morgan fingerprint density at radius 1 is 0.647 bits per heavy atom. The van der Waals surface area contributed by atoms with Crippen LogP contribution in [0.1, 0.15) is 0 Å². The van der Waals surface area contributed by atoms with Crippen LogP contribution < -0.4 is 0 Å². The van der Waals surface area contributed by atoms with Gasteiger partial charge in [-0.1, -0.05) is 44.0 Å². The van der Waals surface area contributed by atoms with E-state index in [0.29, 0.717) is 0 Å². The van der Waals surface area contributed by atoms with Crippen molar-refractivity contribution in [1.82, 2.24) is 4.98 Å². The number of rotatable bonds is 0. The fourth-order valence-electron chi connectivity index (χ4n) is 2.57. The minimum atomic E-state index is 1.15. The predicted molar refractivity (Wildman–Crippen MR) is 79.9 cm³/mol. The van der Waals surface area contributed by atoms with Crippen LogP contribution in [-0.4, -0.2) is 4.98 Å². The summed E-state index contributed by atoms with van der Waals surface area (Å²) in [5, 5.41) is 5.15. The van der Waals surface area contributed by atoms with Crippen LogP contribution in [0.5, 0.6) is 0 Å². The van der Waals surface area contributed by atoms with Crippen LogP contribution in [0.15, 0.2) is 45.3 Å². The third kappa shape index (κ3) is 1.19. The molecule has 0 fully saturated rings. The van der Waals surface area contributed by atoms with Crippen molar-refractivity contribution in [3.63, 3.8) is 0 Å². The standard InChI is InChI=1S/C14H7Br2N/c15-9-3-5-11-13-7(9)1-2-8-10(16)4-6-12(17-11)14(8)13/h1-6,17H. The van der Waals surface area contributed by atoms with E-state index in [1.165, 1.54) is 32.6 Å². The lowest BCUT2D eigenvalue weighted by atomic mass is 10.0. The number of hydrogen-bond donors (Lipinski definition) is 1. The molecule has 0 unspecified atom stereocenters. The molecule has 4 aromatic rings. The Labute approximate surface area is 114 Å². The third-order valence-corrected chi connectivity index (χ3v) is 4.70. The molecule has 0 saturated carbocycles. The summed E-state index contributed by atoms with van der Waals surface area (Å²) >= 11 is 7.24. The van der Waals surface area contributed by atoms with Gasteiger partial charge in [-0.2, -0.15) is 0 Å². The van der Waals surface area contributed by atoms with E-state index in [2.05, 4.69) is 73.2 Å². The molecule has 17 heavy (non-hydrogen) atoms. The summed E-state index contributed by atoms with van der Waals surface area (Å²) in [7, 11) is 0. The molecule has 0 spiro atoms. The second-order valence-electron chi connectivity index (χ2n) is 4.23. The van der Waals surface area contributed by atoms with E-state index in [4.69, 9.17) is 0 Å². The topological polar surface area (TPSA) is 15.8 Å². The summed E-state index contributed by atoms with van der Waals surface area (Å²) in [6.07, 6.45) is 0. The Bertz CT molecular complexity index is 790. The molecule has 0 bridgehead atoms. The van der Waals surface area contributed by atoms with Gasteiger partial charge in [0.15, 0.2) is 0 Å². The molecule has 1 nitrogen and oxygen atoms in total. The number of aromatic amines is 1. The molecular formula is C14H7Br2N. The van der Waals surface area contributed by atoms with Crippen molar-refractivity contribution < 1.29 is 0 Å². The lowest BCUT2D eigenvalue weighted by molar-refractivity contribution is 1.55. The average molecular weight is 349 g/mol. The molecule has 3 aromatic carbocycles. The van der Waals surface area contributed by atoms with Gasteiger partial charge in [0.2, 0.25) is 0 Å². The fraction of sp³-hybridized carbons (Fsp3) is 0. The Balaban J connectivity index is 2.48. The van der Waals surface area contributed by atoms with Gasteiger partial charge in [-0.25, -0.2) is 0 Å². The van der Waals surface area contributed by atoms with Crippen LogP contribution in [-0.2, 0) is 0 Å². The van der Waals surface area contributed by atoms with Gasteiger partial charge in [0, 0.05) is 30.8 Å². The highest BCUT2D eigenvalue weighted by Crippen LogP contribution is 2.39. The summed E-state index contributed by atoms with van der Waals surface area (Å²) in [5.74, 6) is 0. The Kier molecular flexibility index (Phi) is 1.89. The highest BCUT2D eigenvalue weighted by molar-refractivity contribution is 9.11. The van der Waals surface area contributed by atoms with Gasteiger partial charge in [0.1, 0.15) is 0 Å². The number of benzene rings is 3. The second kappa shape index (κ2) is 3.24. The molecule has 0 aliphatic heterocycles. The molecule has 0 atom stereocenters. The van der Waals surface area contributed by atoms with Crippen LogP contribution in [0.4, 0.5) is 0 Å².